The molecular weight excluding hydrogens is 274 g/mol. The van der Waals surface area contributed by atoms with Crippen molar-refractivity contribution in [1.29, 1.82) is 0 Å². The van der Waals surface area contributed by atoms with Gasteiger partial charge in [0.05, 0.1) is 23.8 Å². The highest BCUT2D eigenvalue weighted by molar-refractivity contribution is 7.89. The van der Waals surface area contributed by atoms with E-state index in [1.165, 1.54) is 0 Å². The predicted octanol–water partition coefficient (Wildman–Crippen LogP) is 1.71. The molecule has 0 saturated carbocycles. The van der Waals surface area contributed by atoms with Crippen molar-refractivity contribution in [2.45, 2.75) is 19.4 Å². The van der Waals surface area contributed by atoms with E-state index in [2.05, 4.69) is 9.97 Å². The number of hydrogen-bond donors (Lipinski definition) is 1. The molecule has 1 atom stereocenters. The molecule has 0 fully saturated rings. The second-order valence-electron chi connectivity index (χ2n) is 4.84. The van der Waals surface area contributed by atoms with Crippen LogP contribution < -0.4 is 0 Å². The highest BCUT2D eigenvalue weighted by Crippen LogP contribution is 2.35. The number of rotatable bonds is 3. The van der Waals surface area contributed by atoms with Crippen LogP contribution in [0.15, 0.2) is 36.7 Å². The van der Waals surface area contributed by atoms with E-state index >= 15 is 0 Å². The van der Waals surface area contributed by atoms with Gasteiger partial charge in [0.25, 0.3) is 0 Å². The van der Waals surface area contributed by atoms with E-state index < -0.39 is 10.0 Å². The van der Waals surface area contributed by atoms with E-state index in [9.17, 15) is 8.42 Å². The van der Waals surface area contributed by atoms with Gasteiger partial charge in [-0.15, -0.1) is 0 Å². The van der Waals surface area contributed by atoms with Gasteiger partial charge in [0, 0.05) is 18.7 Å². The summed E-state index contributed by atoms with van der Waals surface area (Å²) < 4.78 is 26.3. The molecule has 0 bridgehead atoms. The first kappa shape index (κ1) is 13.3. The Balaban J connectivity index is 2.13. The molecule has 1 aromatic heterocycles. The molecule has 0 amide bonds. The quantitative estimate of drug-likeness (QED) is 0.936. The van der Waals surface area contributed by atoms with Crippen LogP contribution in [0.3, 0.4) is 0 Å². The zero-order chi connectivity index (χ0) is 14.2. The molecule has 1 N–H and O–H groups in total. The molecule has 0 radical (unpaired) electrons. The fourth-order valence-corrected chi connectivity index (χ4v) is 3.92. The van der Waals surface area contributed by atoms with Gasteiger partial charge in [0.2, 0.25) is 10.0 Å². The maximum atomic E-state index is 12.4. The summed E-state index contributed by atoms with van der Waals surface area (Å²) in [5.41, 5.74) is 2.80. The van der Waals surface area contributed by atoms with Gasteiger partial charge in [-0.25, -0.2) is 13.4 Å². The Morgan fingerprint density at radius 2 is 2.10 bits per heavy atom. The summed E-state index contributed by atoms with van der Waals surface area (Å²) in [6.45, 7) is 2.17. The summed E-state index contributed by atoms with van der Waals surface area (Å²) in [5.74, 6) is 0.107. The molecule has 5 nitrogen and oxygen atoms in total. The lowest BCUT2D eigenvalue weighted by Gasteiger charge is -2.34. The van der Waals surface area contributed by atoms with Crippen molar-refractivity contribution in [1.82, 2.24) is 14.3 Å². The van der Waals surface area contributed by atoms with Gasteiger partial charge in [-0.3, -0.25) is 0 Å². The van der Waals surface area contributed by atoms with Crippen molar-refractivity contribution in [2.24, 2.45) is 0 Å². The van der Waals surface area contributed by atoms with Crippen LogP contribution in [0.25, 0.3) is 0 Å². The Kier molecular flexibility index (Phi) is 3.35. The molecule has 1 aromatic carbocycles. The standard InChI is InChI=1S/C14H17N3O2S/c1-2-20(18,19)17-9-8-12-13(16-10-15-12)14(17)11-6-4-3-5-7-11/h3-7,10,14H,2,8-9H2,1H3,(H,15,16). The van der Waals surface area contributed by atoms with Crippen LogP contribution in [0.2, 0.25) is 0 Å². The van der Waals surface area contributed by atoms with Crippen LogP contribution in [0.5, 0.6) is 0 Å². The van der Waals surface area contributed by atoms with Crippen molar-refractivity contribution in [3.63, 3.8) is 0 Å². The number of H-pyrrole nitrogens is 1. The number of nitrogens with zero attached hydrogens (tertiary/aromatic N) is 2. The molecule has 2 heterocycles. The molecule has 2 aromatic rings. The number of imidazole rings is 1. The molecule has 106 valence electrons. The average Bonchev–Trinajstić information content (AvgIpc) is 2.95. The Morgan fingerprint density at radius 3 is 2.80 bits per heavy atom. The lowest BCUT2D eigenvalue weighted by molar-refractivity contribution is 0.338. The topological polar surface area (TPSA) is 66.1 Å². The minimum Gasteiger partial charge on any atom is -0.348 e. The Bertz CT molecular complexity index is 694. The summed E-state index contributed by atoms with van der Waals surface area (Å²) in [7, 11) is -3.26. The van der Waals surface area contributed by atoms with Gasteiger partial charge in [-0.1, -0.05) is 30.3 Å². The highest BCUT2D eigenvalue weighted by Gasteiger charge is 2.37. The van der Waals surface area contributed by atoms with Crippen LogP contribution in [-0.4, -0.2) is 35.0 Å². The Hall–Kier alpha value is -1.66. The number of fused-ring (bicyclic) bond motifs is 1. The van der Waals surface area contributed by atoms with E-state index in [1.54, 1.807) is 17.6 Å². The minimum absolute atomic E-state index is 0.107. The SMILES string of the molecule is CCS(=O)(=O)N1CCc2[nH]cnc2C1c1ccccc1. The third-order valence-electron chi connectivity index (χ3n) is 3.72. The smallest absolute Gasteiger partial charge is 0.214 e. The maximum absolute atomic E-state index is 12.4. The van der Waals surface area contributed by atoms with Crippen LogP contribution >= 0.6 is 0 Å². The normalized spacial score (nSPS) is 19.8. The van der Waals surface area contributed by atoms with Gasteiger partial charge in [0.1, 0.15) is 0 Å². The summed E-state index contributed by atoms with van der Waals surface area (Å²) in [6.07, 6.45) is 2.32. The first-order valence-electron chi connectivity index (χ1n) is 6.70. The van der Waals surface area contributed by atoms with E-state index in [0.717, 1.165) is 17.0 Å². The molecule has 1 unspecified atom stereocenters. The first-order valence-corrected chi connectivity index (χ1v) is 8.31. The number of hydrogen-bond acceptors (Lipinski definition) is 3. The third kappa shape index (κ3) is 2.14. The minimum atomic E-state index is -3.26. The molecular formula is C14H17N3O2S. The monoisotopic (exact) mass is 291 g/mol. The summed E-state index contributed by atoms with van der Waals surface area (Å²) in [4.78, 5) is 7.47. The molecule has 20 heavy (non-hydrogen) atoms. The maximum Gasteiger partial charge on any atom is 0.214 e. The Labute approximate surface area is 118 Å². The molecule has 1 aliphatic rings. The van der Waals surface area contributed by atoms with Crippen molar-refractivity contribution in [3.05, 3.63) is 53.6 Å². The van der Waals surface area contributed by atoms with Crippen LogP contribution in [0.1, 0.15) is 29.9 Å². The fraction of sp³-hybridized carbons (Fsp3) is 0.357. The van der Waals surface area contributed by atoms with Gasteiger partial charge in [-0.2, -0.15) is 4.31 Å². The molecule has 0 aliphatic carbocycles. The number of benzene rings is 1. The van der Waals surface area contributed by atoms with E-state index in [-0.39, 0.29) is 11.8 Å². The molecule has 0 saturated heterocycles. The van der Waals surface area contributed by atoms with Gasteiger partial charge < -0.3 is 4.98 Å². The third-order valence-corrected chi connectivity index (χ3v) is 5.56. The number of sulfonamides is 1. The van der Waals surface area contributed by atoms with Crippen molar-refractivity contribution < 1.29 is 8.42 Å². The van der Waals surface area contributed by atoms with Crippen LogP contribution in [-0.2, 0) is 16.4 Å². The highest BCUT2D eigenvalue weighted by atomic mass is 32.2. The lowest BCUT2D eigenvalue weighted by Crippen LogP contribution is -2.41. The van der Waals surface area contributed by atoms with E-state index in [4.69, 9.17) is 0 Å². The summed E-state index contributed by atoms with van der Waals surface area (Å²) in [6, 6.07) is 9.35. The second kappa shape index (κ2) is 5.03. The van der Waals surface area contributed by atoms with Crippen LogP contribution in [0.4, 0.5) is 0 Å². The number of aromatic amines is 1. The zero-order valence-corrected chi connectivity index (χ0v) is 12.1. The van der Waals surface area contributed by atoms with E-state index in [0.29, 0.717) is 13.0 Å². The average molecular weight is 291 g/mol. The number of aromatic nitrogens is 2. The van der Waals surface area contributed by atoms with Gasteiger partial charge >= 0.3 is 0 Å². The lowest BCUT2D eigenvalue weighted by atomic mass is 9.98. The van der Waals surface area contributed by atoms with Crippen LogP contribution in [0, 0.1) is 0 Å². The largest absolute Gasteiger partial charge is 0.348 e. The molecule has 0 spiro atoms. The predicted molar refractivity (Wildman–Crippen MR) is 76.7 cm³/mol. The molecule has 3 rings (SSSR count). The number of nitrogens with one attached hydrogen (secondary N) is 1. The van der Waals surface area contributed by atoms with Gasteiger partial charge in [0.15, 0.2) is 0 Å². The Morgan fingerprint density at radius 1 is 1.35 bits per heavy atom. The zero-order valence-electron chi connectivity index (χ0n) is 11.3. The van der Waals surface area contributed by atoms with Gasteiger partial charge in [-0.05, 0) is 12.5 Å². The molecule has 1 aliphatic heterocycles. The van der Waals surface area contributed by atoms with Crippen molar-refractivity contribution >= 4 is 10.0 Å². The second-order valence-corrected chi connectivity index (χ2v) is 7.05. The van der Waals surface area contributed by atoms with Crippen molar-refractivity contribution in [2.75, 3.05) is 12.3 Å². The summed E-state index contributed by atoms with van der Waals surface area (Å²) in [5, 5.41) is 0. The van der Waals surface area contributed by atoms with Crippen molar-refractivity contribution in [3.8, 4) is 0 Å². The van der Waals surface area contributed by atoms with E-state index in [1.807, 2.05) is 30.3 Å². The fourth-order valence-electron chi connectivity index (χ4n) is 2.68. The first-order chi connectivity index (χ1) is 9.63. The summed E-state index contributed by atoms with van der Waals surface area (Å²) >= 11 is 0. The molecule has 6 heteroatoms.